The third-order valence-corrected chi connectivity index (χ3v) is 3.95. The van der Waals surface area contributed by atoms with Gasteiger partial charge in [-0.2, -0.15) is 0 Å². The van der Waals surface area contributed by atoms with Crippen LogP contribution in [-0.4, -0.2) is 53.8 Å². The van der Waals surface area contributed by atoms with Crippen LogP contribution in [0.15, 0.2) is 12.7 Å². The van der Waals surface area contributed by atoms with Crippen molar-refractivity contribution in [1.29, 1.82) is 0 Å². The fraction of sp³-hybridized carbons (Fsp3) is 0.692. The summed E-state index contributed by atoms with van der Waals surface area (Å²) in [6.07, 6.45) is 2.77. The van der Waals surface area contributed by atoms with Crippen LogP contribution in [0, 0.1) is 5.41 Å². The van der Waals surface area contributed by atoms with Crippen LogP contribution in [0.3, 0.4) is 0 Å². The third-order valence-electron chi connectivity index (χ3n) is 3.95. The van der Waals surface area contributed by atoms with Crippen LogP contribution in [0.5, 0.6) is 0 Å². The number of carbonyl (C=O) groups excluding carboxylic acids is 1. The molecule has 0 saturated carbocycles. The zero-order chi connectivity index (χ0) is 14.0. The predicted molar refractivity (Wildman–Crippen MR) is 68.8 cm³/mol. The molecule has 19 heavy (non-hydrogen) atoms. The minimum Gasteiger partial charge on any atom is -0.481 e. The van der Waals surface area contributed by atoms with Crippen LogP contribution in [0.4, 0.5) is 4.79 Å². The predicted octanol–water partition coefficient (Wildman–Crippen LogP) is 0.836. The zero-order valence-corrected chi connectivity index (χ0v) is 11.1. The number of carbonyl (C=O) groups is 2. The number of amides is 2. The molecule has 1 unspecified atom stereocenters. The van der Waals surface area contributed by atoms with E-state index in [0.717, 1.165) is 6.42 Å². The second kappa shape index (κ2) is 5.21. The lowest BCUT2D eigenvalue weighted by molar-refractivity contribution is -0.147. The highest BCUT2D eigenvalue weighted by Gasteiger charge is 2.42. The van der Waals surface area contributed by atoms with Crippen LogP contribution in [0.25, 0.3) is 0 Å². The number of nitrogens with zero attached hydrogens (tertiary/aromatic N) is 1. The summed E-state index contributed by atoms with van der Waals surface area (Å²) in [4.78, 5) is 24.8. The van der Waals surface area contributed by atoms with Gasteiger partial charge in [0, 0.05) is 19.7 Å². The number of carboxylic acids is 1. The lowest BCUT2D eigenvalue weighted by Crippen LogP contribution is -2.47. The molecule has 0 bridgehead atoms. The van der Waals surface area contributed by atoms with Crippen LogP contribution < -0.4 is 5.32 Å². The standard InChI is InChI=1S/C13H20N2O4/c1-3-10-9(4-7-19-10)14-12(18)15-6-5-13(2,8-15)11(16)17/h3,9-10H,1,4-8H2,2H3,(H,14,18)(H,16,17)/t9-,10+,13?/m1/s1. The largest absolute Gasteiger partial charge is 0.481 e. The second-order valence-corrected chi connectivity index (χ2v) is 5.45. The lowest BCUT2D eigenvalue weighted by atomic mass is 9.90. The van der Waals surface area contributed by atoms with E-state index in [1.54, 1.807) is 17.9 Å². The Morgan fingerprint density at radius 3 is 2.89 bits per heavy atom. The minimum absolute atomic E-state index is 0.0679. The smallest absolute Gasteiger partial charge is 0.317 e. The van der Waals surface area contributed by atoms with Crippen LogP contribution >= 0.6 is 0 Å². The van der Waals surface area contributed by atoms with Crippen LogP contribution in [-0.2, 0) is 9.53 Å². The summed E-state index contributed by atoms with van der Waals surface area (Å²) in [5.74, 6) is -0.851. The number of nitrogens with one attached hydrogen (secondary N) is 1. The molecule has 2 amide bonds. The van der Waals surface area contributed by atoms with Crippen molar-refractivity contribution in [2.45, 2.75) is 31.9 Å². The van der Waals surface area contributed by atoms with Gasteiger partial charge in [0.1, 0.15) is 0 Å². The van der Waals surface area contributed by atoms with Crippen molar-refractivity contribution in [3.05, 3.63) is 12.7 Å². The maximum absolute atomic E-state index is 12.1. The van der Waals surface area contributed by atoms with Crippen molar-refractivity contribution < 1.29 is 19.4 Å². The fourth-order valence-corrected chi connectivity index (χ4v) is 2.56. The number of hydrogen-bond acceptors (Lipinski definition) is 3. The van der Waals surface area contributed by atoms with Crippen molar-refractivity contribution >= 4 is 12.0 Å². The molecular formula is C13H20N2O4. The van der Waals surface area contributed by atoms with E-state index < -0.39 is 11.4 Å². The van der Waals surface area contributed by atoms with Gasteiger partial charge in [0.05, 0.1) is 17.6 Å². The molecule has 0 aliphatic carbocycles. The van der Waals surface area contributed by atoms with Gasteiger partial charge in [0.25, 0.3) is 0 Å². The highest BCUT2D eigenvalue weighted by Crippen LogP contribution is 2.30. The minimum atomic E-state index is -0.851. The SMILES string of the molecule is C=C[C@@H]1OCC[C@H]1NC(=O)N1CCC(C)(C(=O)O)C1. The van der Waals surface area contributed by atoms with E-state index in [1.165, 1.54) is 0 Å². The first-order valence-electron chi connectivity index (χ1n) is 6.49. The quantitative estimate of drug-likeness (QED) is 0.743. The normalized spacial score (nSPS) is 34.3. The van der Waals surface area contributed by atoms with E-state index in [-0.39, 0.29) is 24.7 Å². The lowest BCUT2D eigenvalue weighted by Gasteiger charge is -2.23. The molecule has 0 aromatic carbocycles. The molecule has 106 valence electrons. The summed E-state index contributed by atoms with van der Waals surface area (Å²) >= 11 is 0. The topological polar surface area (TPSA) is 78.9 Å². The average Bonchev–Trinajstić information content (AvgIpc) is 2.96. The summed E-state index contributed by atoms with van der Waals surface area (Å²) in [5, 5.41) is 12.0. The Morgan fingerprint density at radius 2 is 2.32 bits per heavy atom. The first-order chi connectivity index (χ1) is 8.96. The molecule has 0 radical (unpaired) electrons. The Morgan fingerprint density at radius 1 is 1.58 bits per heavy atom. The number of urea groups is 1. The van der Waals surface area contributed by atoms with E-state index in [4.69, 9.17) is 9.84 Å². The van der Waals surface area contributed by atoms with E-state index in [1.807, 2.05) is 0 Å². The molecule has 2 aliphatic heterocycles. The number of hydrogen-bond donors (Lipinski definition) is 2. The van der Waals surface area contributed by atoms with Gasteiger partial charge in [-0.15, -0.1) is 6.58 Å². The van der Waals surface area contributed by atoms with E-state index in [0.29, 0.717) is 19.6 Å². The Hall–Kier alpha value is -1.56. The number of aliphatic carboxylic acids is 1. The Bertz CT molecular complexity index is 398. The maximum Gasteiger partial charge on any atom is 0.317 e. The molecule has 6 nitrogen and oxygen atoms in total. The zero-order valence-electron chi connectivity index (χ0n) is 11.1. The first kappa shape index (κ1) is 13.9. The molecular weight excluding hydrogens is 248 g/mol. The van der Waals surface area contributed by atoms with Crippen molar-refractivity contribution in [1.82, 2.24) is 10.2 Å². The molecule has 2 rings (SSSR count). The number of carboxylic acid groups (broad SMARTS) is 1. The first-order valence-corrected chi connectivity index (χ1v) is 6.49. The van der Waals surface area contributed by atoms with Gasteiger partial charge in [-0.05, 0) is 19.8 Å². The van der Waals surface area contributed by atoms with Crippen molar-refractivity contribution in [3.8, 4) is 0 Å². The molecule has 0 aromatic heterocycles. The highest BCUT2D eigenvalue weighted by molar-refractivity contribution is 5.79. The Balaban J connectivity index is 1.91. The van der Waals surface area contributed by atoms with Gasteiger partial charge in [0.2, 0.25) is 0 Å². The van der Waals surface area contributed by atoms with E-state index >= 15 is 0 Å². The monoisotopic (exact) mass is 268 g/mol. The Labute approximate surface area is 112 Å². The summed E-state index contributed by atoms with van der Waals surface area (Å²) in [6.45, 7) is 6.68. The van der Waals surface area contributed by atoms with Gasteiger partial charge >= 0.3 is 12.0 Å². The molecule has 2 heterocycles. The molecule has 0 spiro atoms. The van der Waals surface area contributed by atoms with Gasteiger partial charge in [0.15, 0.2) is 0 Å². The number of rotatable bonds is 3. The van der Waals surface area contributed by atoms with Crippen molar-refractivity contribution in [3.63, 3.8) is 0 Å². The van der Waals surface area contributed by atoms with Gasteiger partial charge in [-0.25, -0.2) is 4.79 Å². The summed E-state index contributed by atoms with van der Waals surface area (Å²) < 4.78 is 5.41. The van der Waals surface area contributed by atoms with Crippen LogP contribution in [0.2, 0.25) is 0 Å². The molecule has 0 aromatic rings. The Kier molecular flexibility index (Phi) is 3.80. The summed E-state index contributed by atoms with van der Waals surface area (Å²) in [5.41, 5.74) is -0.832. The second-order valence-electron chi connectivity index (χ2n) is 5.45. The summed E-state index contributed by atoms with van der Waals surface area (Å²) in [7, 11) is 0. The van der Waals surface area contributed by atoms with Crippen molar-refractivity contribution in [2.75, 3.05) is 19.7 Å². The van der Waals surface area contributed by atoms with E-state index in [9.17, 15) is 9.59 Å². The number of likely N-dealkylation sites (tertiary alicyclic amines) is 1. The molecule has 2 saturated heterocycles. The van der Waals surface area contributed by atoms with Crippen LogP contribution in [0.1, 0.15) is 19.8 Å². The highest BCUT2D eigenvalue weighted by atomic mass is 16.5. The number of ether oxygens (including phenoxy) is 1. The fourth-order valence-electron chi connectivity index (χ4n) is 2.56. The third kappa shape index (κ3) is 2.73. The van der Waals surface area contributed by atoms with Crippen molar-refractivity contribution in [2.24, 2.45) is 5.41 Å². The molecule has 6 heteroatoms. The molecule has 2 aliphatic rings. The average molecular weight is 268 g/mol. The van der Waals surface area contributed by atoms with Gasteiger partial charge in [-0.1, -0.05) is 6.08 Å². The summed E-state index contributed by atoms with van der Waals surface area (Å²) in [6, 6.07) is -0.283. The molecule has 3 atom stereocenters. The van der Waals surface area contributed by atoms with Gasteiger partial charge < -0.3 is 20.1 Å². The molecule has 2 fully saturated rings. The molecule has 2 N–H and O–H groups in total. The maximum atomic E-state index is 12.1. The van der Waals surface area contributed by atoms with E-state index in [2.05, 4.69) is 11.9 Å². The van der Waals surface area contributed by atoms with Gasteiger partial charge in [-0.3, -0.25) is 4.79 Å².